The largest absolute Gasteiger partial charge is 0.367 e. The molecule has 0 radical (unpaired) electrons. The van der Waals surface area contributed by atoms with Crippen LogP contribution in [0.5, 0.6) is 0 Å². The lowest BCUT2D eigenvalue weighted by atomic mass is 10.0. The van der Waals surface area contributed by atoms with Gasteiger partial charge in [0.15, 0.2) is 5.60 Å². The van der Waals surface area contributed by atoms with Gasteiger partial charge in [0.05, 0.1) is 17.3 Å². The van der Waals surface area contributed by atoms with E-state index in [9.17, 15) is 4.79 Å². The number of aromatic nitrogens is 1. The zero-order valence-corrected chi connectivity index (χ0v) is 10.9. The number of thiazole rings is 1. The summed E-state index contributed by atoms with van der Waals surface area (Å²) in [5.74, 6) is -0.406. The number of primary amides is 1. The van der Waals surface area contributed by atoms with E-state index in [4.69, 9.17) is 10.5 Å². The van der Waals surface area contributed by atoms with Gasteiger partial charge in [0.1, 0.15) is 0 Å². The van der Waals surface area contributed by atoms with Crippen LogP contribution in [0.25, 0.3) is 0 Å². The maximum Gasteiger partial charge on any atom is 0.250 e. The first-order valence-electron chi connectivity index (χ1n) is 5.57. The Balaban J connectivity index is 2.00. The van der Waals surface area contributed by atoms with E-state index < -0.39 is 11.5 Å². The van der Waals surface area contributed by atoms with Crippen LogP contribution in [0.4, 0.5) is 0 Å². The molecule has 2 N–H and O–H groups in total. The van der Waals surface area contributed by atoms with Gasteiger partial charge in [-0.2, -0.15) is 0 Å². The summed E-state index contributed by atoms with van der Waals surface area (Å²) >= 11 is 1.64. The van der Waals surface area contributed by atoms with Gasteiger partial charge in [-0.3, -0.25) is 9.69 Å². The molecule has 2 heterocycles. The van der Waals surface area contributed by atoms with Crippen molar-refractivity contribution in [1.29, 1.82) is 0 Å². The van der Waals surface area contributed by atoms with E-state index in [1.165, 1.54) is 0 Å². The second kappa shape index (κ2) is 4.72. The van der Waals surface area contributed by atoms with E-state index in [2.05, 4.69) is 9.88 Å². The fourth-order valence-electron chi connectivity index (χ4n) is 1.95. The molecule has 0 saturated carbocycles. The quantitative estimate of drug-likeness (QED) is 0.855. The third-order valence-electron chi connectivity index (χ3n) is 2.93. The Morgan fingerprint density at radius 3 is 3.12 bits per heavy atom. The van der Waals surface area contributed by atoms with E-state index >= 15 is 0 Å². The van der Waals surface area contributed by atoms with Crippen LogP contribution in [0.2, 0.25) is 0 Å². The van der Waals surface area contributed by atoms with Gasteiger partial charge in [-0.25, -0.2) is 4.98 Å². The molecule has 1 saturated heterocycles. The molecule has 0 spiro atoms. The lowest BCUT2D eigenvalue weighted by molar-refractivity contribution is -0.153. The molecular weight excluding hydrogens is 238 g/mol. The topological polar surface area (TPSA) is 68.5 Å². The molecule has 0 aromatic carbocycles. The zero-order chi connectivity index (χ0) is 12.5. The molecule has 1 fully saturated rings. The number of hydrogen-bond donors (Lipinski definition) is 1. The van der Waals surface area contributed by atoms with Gasteiger partial charge in [-0.05, 0) is 13.8 Å². The Morgan fingerprint density at radius 1 is 1.76 bits per heavy atom. The third-order valence-corrected chi connectivity index (χ3v) is 3.75. The number of carbonyl (C=O) groups is 1. The number of ether oxygens (including phenoxy) is 1. The van der Waals surface area contributed by atoms with E-state index in [0.29, 0.717) is 13.2 Å². The number of hydrogen-bond acceptors (Lipinski definition) is 5. The number of amides is 1. The van der Waals surface area contributed by atoms with Crippen molar-refractivity contribution in [2.45, 2.75) is 26.0 Å². The summed E-state index contributed by atoms with van der Waals surface area (Å²) in [6.07, 6.45) is 0. The van der Waals surface area contributed by atoms with E-state index in [1.54, 1.807) is 18.3 Å². The summed E-state index contributed by atoms with van der Waals surface area (Å²) in [5.41, 5.74) is 5.53. The lowest BCUT2D eigenvalue weighted by Crippen LogP contribution is -2.56. The molecule has 5 nitrogen and oxygen atoms in total. The molecule has 0 aliphatic carbocycles. The Morgan fingerprint density at radius 2 is 2.53 bits per heavy atom. The maximum atomic E-state index is 11.3. The number of morpholine rings is 1. The molecule has 1 aliphatic rings. The molecule has 6 heteroatoms. The predicted molar refractivity (Wildman–Crippen MR) is 65.7 cm³/mol. The fraction of sp³-hybridized carbons (Fsp3) is 0.636. The summed E-state index contributed by atoms with van der Waals surface area (Å²) in [4.78, 5) is 17.9. The van der Waals surface area contributed by atoms with Crippen molar-refractivity contribution >= 4 is 17.2 Å². The minimum Gasteiger partial charge on any atom is -0.367 e. The SMILES string of the molecule is Cc1nc(CN2CCOC(C)(C(N)=O)C2)cs1. The Bertz CT molecular complexity index is 421. The van der Waals surface area contributed by atoms with Gasteiger partial charge in [-0.1, -0.05) is 0 Å². The van der Waals surface area contributed by atoms with E-state index in [1.807, 2.05) is 12.3 Å². The van der Waals surface area contributed by atoms with Crippen LogP contribution in [0.1, 0.15) is 17.6 Å². The third kappa shape index (κ3) is 2.83. The van der Waals surface area contributed by atoms with Crippen molar-refractivity contribution in [3.63, 3.8) is 0 Å². The zero-order valence-electron chi connectivity index (χ0n) is 10.1. The maximum absolute atomic E-state index is 11.3. The average Bonchev–Trinajstić information content (AvgIpc) is 2.64. The number of nitrogens with zero attached hydrogens (tertiary/aromatic N) is 2. The van der Waals surface area contributed by atoms with Crippen LogP contribution in [-0.4, -0.2) is 41.1 Å². The van der Waals surface area contributed by atoms with Gasteiger partial charge in [0, 0.05) is 25.0 Å². The summed E-state index contributed by atoms with van der Waals surface area (Å²) in [6, 6.07) is 0. The molecule has 1 aliphatic heterocycles. The Kier molecular flexibility index (Phi) is 3.46. The highest BCUT2D eigenvalue weighted by atomic mass is 32.1. The van der Waals surface area contributed by atoms with Crippen LogP contribution in [0, 0.1) is 6.92 Å². The Labute approximate surface area is 105 Å². The molecule has 17 heavy (non-hydrogen) atoms. The van der Waals surface area contributed by atoms with Crippen molar-refractivity contribution in [3.8, 4) is 0 Å². The number of aryl methyl sites for hydroxylation is 1. The normalized spacial score (nSPS) is 26.0. The van der Waals surface area contributed by atoms with Crippen LogP contribution >= 0.6 is 11.3 Å². The van der Waals surface area contributed by atoms with Gasteiger partial charge in [0.25, 0.3) is 5.91 Å². The first-order valence-corrected chi connectivity index (χ1v) is 6.45. The molecule has 1 aromatic heterocycles. The van der Waals surface area contributed by atoms with Crippen molar-refractivity contribution in [2.75, 3.05) is 19.7 Å². The molecule has 1 atom stereocenters. The van der Waals surface area contributed by atoms with Crippen LogP contribution < -0.4 is 5.73 Å². The number of carbonyl (C=O) groups excluding carboxylic acids is 1. The van der Waals surface area contributed by atoms with Gasteiger partial charge in [0.2, 0.25) is 0 Å². The average molecular weight is 255 g/mol. The fourth-order valence-corrected chi connectivity index (χ4v) is 2.55. The second-order valence-corrected chi connectivity index (χ2v) is 5.57. The summed E-state index contributed by atoms with van der Waals surface area (Å²) in [5, 5.41) is 3.11. The highest BCUT2D eigenvalue weighted by molar-refractivity contribution is 7.09. The molecule has 1 amide bonds. The van der Waals surface area contributed by atoms with Gasteiger partial charge >= 0.3 is 0 Å². The molecule has 2 rings (SSSR count). The lowest BCUT2D eigenvalue weighted by Gasteiger charge is -2.37. The van der Waals surface area contributed by atoms with Crippen molar-refractivity contribution in [1.82, 2.24) is 9.88 Å². The van der Waals surface area contributed by atoms with Crippen molar-refractivity contribution in [3.05, 3.63) is 16.1 Å². The smallest absolute Gasteiger partial charge is 0.250 e. The van der Waals surface area contributed by atoms with Crippen LogP contribution in [0.3, 0.4) is 0 Å². The minimum absolute atomic E-state index is 0.406. The van der Waals surface area contributed by atoms with Crippen molar-refractivity contribution in [2.24, 2.45) is 5.73 Å². The highest BCUT2D eigenvalue weighted by Gasteiger charge is 2.37. The minimum atomic E-state index is -0.872. The first kappa shape index (κ1) is 12.5. The van der Waals surface area contributed by atoms with Crippen LogP contribution in [0.15, 0.2) is 5.38 Å². The number of rotatable bonds is 3. The van der Waals surface area contributed by atoms with E-state index in [-0.39, 0.29) is 0 Å². The van der Waals surface area contributed by atoms with Crippen molar-refractivity contribution < 1.29 is 9.53 Å². The second-order valence-electron chi connectivity index (χ2n) is 4.51. The summed E-state index contributed by atoms with van der Waals surface area (Å²) in [6.45, 7) is 6.34. The number of nitrogens with two attached hydrogens (primary N) is 1. The molecule has 0 bridgehead atoms. The molecule has 94 valence electrons. The molecular formula is C11H17N3O2S. The Hall–Kier alpha value is -0.980. The summed E-state index contributed by atoms with van der Waals surface area (Å²) in [7, 11) is 0. The monoisotopic (exact) mass is 255 g/mol. The van der Waals surface area contributed by atoms with Gasteiger partial charge in [-0.15, -0.1) is 11.3 Å². The standard InChI is InChI=1S/C11H17N3O2S/c1-8-13-9(6-17-8)5-14-3-4-16-11(2,7-14)10(12)15/h6H,3-5,7H2,1-2H3,(H2,12,15). The summed E-state index contributed by atoms with van der Waals surface area (Å²) < 4.78 is 5.47. The molecule has 1 unspecified atom stereocenters. The first-order chi connectivity index (χ1) is 7.99. The molecule has 1 aromatic rings. The van der Waals surface area contributed by atoms with E-state index in [0.717, 1.165) is 23.8 Å². The highest BCUT2D eigenvalue weighted by Crippen LogP contribution is 2.19. The van der Waals surface area contributed by atoms with Crippen LogP contribution in [-0.2, 0) is 16.1 Å². The predicted octanol–water partition coefficient (Wildman–Crippen LogP) is 0.528. The van der Waals surface area contributed by atoms with Gasteiger partial charge < -0.3 is 10.5 Å².